The predicted molar refractivity (Wildman–Crippen MR) is 92.8 cm³/mol. The summed E-state index contributed by atoms with van der Waals surface area (Å²) in [6.45, 7) is 2.37. The monoisotopic (exact) mass is 345 g/mol. The fourth-order valence-electron chi connectivity index (χ4n) is 3.69. The summed E-state index contributed by atoms with van der Waals surface area (Å²) < 4.78 is 2.25. The van der Waals surface area contributed by atoms with Crippen molar-refractivity contribution in [3.8, 4) is 0 Å². The van der Waals surface area contributed by atoms with Crippen molar-refractivity contribution in [2.75, 3.05) is 6.54 Å². The molecule has 2 amide bonds. The molecule has 0 spiro atoms. The second-order valence-electron chi connectivity index (χ2n) is 6.58. The van der Waals surface area contributed by atoms with Crippen molar-refractivity contribution in [2.24, 2.45) is 0 Å². The standard InChI is InChI=1S/C17H23N5OS/c23-17(18-11-13-7-10-24-12-13)21-8-3-1-5-14(21)16-20-19-15-6-2-4-9-22(15)16/h7,10,12,14H,1-6,8-9,11H2,(H,18,23). The average molecular weight is 345 g/mol. The molecule has 1 atom stereocenters. The summed E-state index contributed by atoms with van der Waals surface area (Å²) in [7, 11) is 0. The van der Waals surface area contributed by atoms with Crippen molar-refractivity contribution >= 4 is 17.4 Å². The Bertz CT molecular complexity index is 696. The molecule has 4 rings (SSSR count). The van der Waals surface area contributed by atoms with E-state index >= 15 is 0 Å². The van der Waals surface area contributed by atoms with Gasteiger partial charge in [-0.1, -0.05) is 0 Å². The third kappa shape index (κ3) is 3.05. The first-order chi connectivity index (χ1) is 11.8. The van der Waals surface area contributed by atoms with E-state index in [0.717, 1.165) is 56.0 Å². The highest BCUT2D eigenvalue weighted by molar-refractivity contribution is 7.07. The number of nitrogens with zero attached hydrogens (tertiary/aromatic N) is 4. The molecule has 0 radical (unpaired) electrons. The Morgan fingerprint density at radius 3 is 3.04 bits per heavy atom. The quantitative estimate of drug-likeness (QED) is 0.930. The van der Waals surface area contributed by atoms with E-state index in [1.54, 1.807) is 11.3 Å². The Morgan fingerprint density at radius 2 is 2.17 bits per heavy atom. The summed E-state index contributed by atoms with van der Waals surface area (Å²) >= 11 is 1.65. The second kappa shape index (κ2) is 6.93. The lowest BCUT2D eigenvalue weighted by Crippen LogP contribution is -2.45. The Kier molecular flexibility index (Phi) is 4.51. The molecule has 0 aliphatic carbocycles. The van der Waals surface area contributed by atoms with Crippen LogP contribution in [0.2, 0.25) is 0 Å². The molecule has 1 N–H and O–H groups in total. The maximum atomic E-state index is 12.7. The number of hydrogen-bond donors (Lipinski definition) is 1. The number of hydrogen-bond acceptors (Lipinski definition) is 4. The summed E-state index contributed by atoms with van der Waals surface area (Å²) in [5.41, 5.74) is 1.15. The largest absolute Gasteiger partial charge is 0.334 e. The number of urea groups is 1. The first kappa shape index (κ1) is 15.6. The van der Waals surface area contributed by atoms with E-state index < -0.39 is 0 Å². The lowest BCUT2D eigenvalue weighted by molar-refractivity contribution is 0.144. The van der Waals surface area contributed by atoms with Gasteiger partial charge in [0.05, 0.1) is 6.04 Å². The number of amides is 2. The van der Waals surface area contributed by atoms with Gasteiger partial charge in [-0.05, 0) is 54.5 Å². The molecule has 0 aromatic carbocycles. The van der Waals surface area contributed by atoms with Crippen LogP contribution in [0, 0.1) is 0 Å². The van der Waals surface area contributed by atoms with Crippen LogP contribution >= 0.6 is 11.3 Å². The fourth-order valence-corrected chi connectivity index (χ4v) is 4.36. The summed E-state index contributed by atoms with van der Waals surface area (Å²) in [5.74, 6) is 2.07. The predicted octanol–water partition coefficient (Wildman–Crippen LogP) is 3.11. The fraction of sp³-hybridized carbons (Fsp3) is 0.588. The Hall–Kier alpha value is -1.89. The third-order valence-electron chi connectivity index (χ3n) is 4.97. The van der Waals surface area contributed by atoms with Crippen molar-refractivity contribution in [2.45, 2.75) is 57.7 Å². The molecule has 2 aromatic rings. The number of carbonyl (C=O) groups excluding carboxylic acids is 1. The minimum absolute atomic E-state index is 0.0130. The zero-order valence-electron chi connectivity index (χ0n) is 13.8. The highest BCUT2D eigenvalue weighted by Crippen LogP contribution is 2.31. The zero-order valence-corrected chi connectivity index (χ0v) is 14.6. The van der Waals surface area contributed by atoms with E-state index in [2.05, 4.69) is 25.5 Å². The minimum Gasteiger partial charge on any atom is -0.334 e. The van der Waals surface area contributed by atoms with Crippen LogP contribution < -0.4 is 5.32 Å². The first-order valence-electron chi connectivity index (χ1n) is 8.80. The lowest BCUT2D eigenvalue weighted by atomic mass is 10.0. The molecule has 2 aliphatic rings. The number of piperidine rings is 1. The van der Waals surface area contributed by atoms with Gasteiger partial charge in [-0.15, -0.1) is 10.2 Å². The zero-order chi connectivity index (χ0) is 16.4. The minimum atomic E-state index is 0.0130. The van der Waals surface area contributed by atoms with E-state index in [9.17, 15) is 4.79 Å². The number of carbonyl (C=O) groups is 1. The van der Waals surface area contributed by atoms with Gasteiger partial charge in [0.15, 0.2) is 5.82 Å². The van der Waals surface area contributed by atoms with Crippen LogP contribution in [0.5, 0.6) is 0 Å². The molecular formula is C17H23N5OS. The van der Waals surface area contributed by atoms with E-state index in [1.807, 2.05) is 16.3 Å². The normalized spacial score (nSPS) is 20.7. The van der Waals surface area contributed by atoms with Gasteiger partial charge in [0.25, 0.3) is 0 Å². The number of thiophene rings is 1. The highest BCUT2D eigenvalue weighted by atomic mass is 32.1. The van der Waals surface area contributed by atoms with E-state index in [1.165, 1.54) is 12.8 Å². The maximum absolute atomic E-state index is 12.7. The molecule has 128 valence electrons. The number of nitrogens with one attached hydrogen (secondary N) is 1. The van der Waals surface area contributed by atoms with Crippen LogP contribution in [0.3, 0.4) is 0 Å². The van der Waals surface area contributed by atoms with Crippen LogP contribution in [0.1, 0.15) is 55.4 Å². The van der Waals surface area contributed by atoms with E-state index in [-0.39, 0.29) is 12.1 Å². The van der Waals surface area contributed by atoms with Crippen LogP contribution in [0.15, 0.2) is 16.8 Å². The Balaban J connectivity index is 1.50. The van der Waals surface area contributed by atoms with Crippen LogP contribution in [0.25, 0.3) is 0 Å². The number of likely N-dealkylation sites (tertiary alicyclic amines) is 1. The smallest absolute Gasteiger partial charge is 0.318 e. The van der Waals surface area contributed by atoms with Gasteiger partial charge in [0, 0.05) is 26.1 Å². The van der Waals surface area contributed by atoms with Gasteiger partial charge in [-0.3, -0.25) is 0 Å². The van der Waals surface area contributed by atoms with Gasteiger partial charge in [0.1, 0.15) is 5.82 Å². The van der Waals surface area contributed by atoms with E-state index in [4.69, 9.17) is 0 Å². The highest BCUT2D eigenvalue weighted by Gasteiger charge is 2.32. The molecule has 6 nitrogen and oxygen atoms in total. The summed E-state index contributed by atoms with van der Waals surface area (Å²) in [5, 5.41) is 16.0. The van der Waals surface area contributed by atoms with Crippen molar-refractivity contribution in [3.63, 3.8) is 0 Å². The van der Waals surface area contributed by atoms with Crippen LogP contribution in [0.4, 0.5) is 4.79 Å². The molecule has 4 heterocycles. The van der Waals surface area contributed by atoms with Crippen LogP contribution in [-0.4, -0.2) is 32.2 Å². The van der Waals surface area contributed by atoms with Gasteiger partial charge < -0.3 is 14.8 Å². The molecular weight excluding hydrogens is 322 g/mol. The topological polar surface area (TPSA) is 63.1 Å². The molecule has 2 aromatic heterocycles. The molecule has 2 aliphatic heterocycles. The lowest BCUT2D eigenvalue weighted by Gasteiger charge is -2.35. The third-order valence-corrected chi connectivity index (χ3v) is 5.71. The SMILES string of the molecule is O=C(NCc1ccsc1)N1CCCCC1c1nnc2n1CCCC2. The van der Waals surface area contributed by atoms with Crippen LogP contribution in [-0.2, 0) is 19.5 Å². The molecule has 0 saturated carbocycles. The van der Waals surface area contributed by atoms with Crippen molar-refractivity contribution < 1.29 is 4.79 Å². The number of aryl methyl sites for hydroxylation is 1. The molecule has 1 saturated heterocycles. The summed E-state index contributed by atoms with van der Waals surface area (Å²) in [4.78, 5) is 14.7. The Morgan fingerprint density at radius 1 is 1.25 bits per heavy atom. The number of fused-ring (bicyclic) bond motifs is 1. The van der Waals surface area contributed by atoms with Gasteiger partial charge >= 0.3 is 6.03 Å². The average Bonchev–Trinajstić information content (AvgIpc) is 3.29. The number of aromatic nitrogens is 3. The number of rotatable bonds is 3. The van der Waals surface area contributed by atoms with E-state index in [0.29, 0.717) is 6.54 Å². The van der Waals surface area contributed by atoms with Crippen molar-refractivity contribution in [3.05, 3.63) is 34.0 Å². The molecule has 1 fully saturated rings. The first-order valence-corrected chi connectivity index (χ1v) is 9.75. The van der Waals surface area contributed by atoms with Crippen molar-refractivity contribution in [1.82, 2.24) is 25.0 Å². The summed E-state index contributed by atoms with van der Waals surface area (Å²) in [6.07, 6.45) is 6.54. The molecule has 7 heteroatoms. The molecule has 1 unspecified atom stereocenters. The van der Waals surface area contributed by atoms with Crippen molar-refractivity contribution in [1.29, 1.82) is 0 Å². The van der Waals surface area contributed by atoms with Gasteiger partial charge in [-0.2, -0.15) is 11.3 Å². The molecule has 24 heavy (non-hydrogen) atoms. The maximum Gasteiger partial charge on any atom is 0.318 e. The Labute approximate surface area is 145 Å². The molecule has 0 bridgehead atoms. The van der Waals surface area contributed by atoms with Gasteiger partial charge in [0.2, 0.25) is 0 Å². The summed E-state index contributed by atoms with van der Waals surface area (Å²) in [6, 6.07) is 2.12. The second-order valence-corrected chi connectivity index (χ2v) is 7.36. The van der Waals surface area contributed by atoms with Gasteiger partial charge in [-0.25, -0.2) is 4.79 Å².